The fourth-order valence-corrected chi connectivity index (χ4v) is 1.04. The molecule has 90 valence electrons. The first-order valence-corrected chi connectivity index (χ1v) is 5.06. The van der Waals surface area contributed by atoms with Gasteiger partial charge in [-0.15, -0.1) is 0 Å². The molecule has 0 aliphatic rings. The predicted octanol–water partition coefficient (Wildman–Crippen LogP) is 2.23. The summed E-state index contributed by atoms with van der Waals surface area (Å²) in [6.07, 6.45) is 0. The Balaban J connectivity index is 2.68. The van der Waals surface area contributed by atoms with Crippen LogP contribution in [-0.4, -0.2) is 25.4 Å². The molecule has 0 saturated carbocycles. The summed E-state index contributed by atoms with van der Waals surface area (Å²) in [4.78, 5) is 0. The Morgan fingerprint density at radius 1 is 1.38 bits per heavy atom. The van der Waals surface area contributed by atoms with Crippen LogP contribution in [0.15, 0.2) is 18.2 Å². The van der Waals surface area contributed by atoms with Crippen LogP contribution in [0.1, 0.15) is 13.8 Å². The molecule has 0 atom stereocenters. The highest BCUT2D eigenvalue weighted by Gasteiger charge is 2.18. The van der Waals surface area contributed by atoms with Crippen LogP contribution in [0.3, 0.4) is 0 Å². The van der Waals surface area contributed by atoms with Crippen molar-refractivity contribution in [2.75, 3.05) is 20.3 Å². The van der Waals surface area contributed by atoms with Gasteiger partial charge in [-0.25, -0.2) is 4.39 Å². The summed E-state index contributed by atoms with van der Waals surface area (Å²) in [6.45, 7) is 3.93. The average molecular weight is 228 g/mol. The van der Waals surface area contributed by atoms with E-state index in [9.17, 15) is 4.39 Å². The Hall–Kier alpha value is -1.29. The number of aliphatic hydroxyl groups is 1. The lowest BCUT2D eigenvalue weighted by Crippen LogP contribution is -2.25. The lowest BCUT2D eigenvalue weighted by atomic mass is 9.96. The van der Waals surface area contributed by atoms with Gasteiger partial charge in [-0.3, -0.25) is 0 Å². The second kappa shape index (κ2) is 5.16. The molecule has 0 saturated heterocycles. The minimum Gasteiger partial charge on any atom is -0.497 e. The molecule has 16 heavy (non-hydrogen) atoms. The molecule has 0 heterocycles. The normalized spacial score (nSPS) is 11.3. The van der Waals surface area contributed by atoms with E-state index in [1.165, 1.54) is 19.2 Å². The molecule has 0 unspecified atom stereocenters. The van der Waals surface area contributed by atoms with Crippen molar-refractivity contribution in [1.29, 1.82) is 0 Å². The van der Waals surface area contributed by atoms with Gasteiger partial charge in [-0.2, -0.15) is 0 Å². The number of benzene rings is 1. The maximum Gasteiger partial charge on any atom is 0.168 e. The maximum absolute atomic E-state index is 13.4. The van der Waals surface area contributed by atoms with Crippen LogP contribution in [0.2, 0.25) is 0 Å². The molecule has 0 aromatic heterocycles. The smallest absolute Gasteiger partial charge is 0.168 e. The Morgan fingerprint density at radius 2 is 2.06 bits per heavy atom. The van der Waals surface area contributed by atoms with Gasteiger partial charge >= 0.3 is 0 Å². The molecule has 4 heteroatoms. The second-order valence-electron chi connectivity index (χ2n) is 4.41. The number of aliphatic hydroxyl groups excluding tert-OH is 1. The van der Waals surface area contributed by atoms with E-state index in [4.69, 9.17) is 14.6 Å². The van der Waals surface area contributed by atoms with Crippen LogP contribution in [0.5, 0.6) is 11.5 Å². The van der Waals surface area contributed by atoms with Crippen LogP contribution in [0.4, 0.5) is 4.39 Å². The molecule has 0 radical (unpaired) electrons. The van der Waals surface area contributed by atoms with Gasteiger partial charge in [0.05, 0.1) is 20.3 Å². The van der Waals surface area contributed by atoms with Gasteiger partial charge in [0.2, 0.25) is 0 Å². The zero-order valence-corrected chi connectivity index (χ0v) is 9.79. The monoisotopic (exact) mass is 228 g/mol. The predicted molar refractivity (Wildman–Crippen MR) is 59.3 cm³/mol. The minimum atomic E-state index is -0.465. The van der Waals surface area contributed by atoms with Gasteiger partial charge in [-0.05, 0) is 12.1 Å². The second-order valence-corrected chi connectivity index (χ2v) is 4.41. The van der Waals surface area contributed by atoms with Gasteiger partial charge in [0.15, 0.2) is 11.6 Å². The van der Waals surface area contributed by atoms with E-state index in [1.807, 2.05) is 13.8 Å². The molecular formula is C12H17FO3. The van der Waals surface area contributed by atoms with E-state index >= 15 is 0 Å². The number of halogens is 1. The Bertz CT molecular complexity index is 350. The highest BCUT2D eigenvalue weighted by molar-refractivity contribution is 5.33. The summed E-state index contributed by atoms with van der Waals surface area (Å²) in [5.41, 5.74) is -0.383. The molecule has 0 aliphatic heterocycles. The van der Waals surface area contributed by atoms with Crippen LogP contribution in [0.25, 0.3) is 0 Å². The third-order valence-corrected chi connectivity index (χ3v) is 2.19. The summed E-state index contributed by atoms with van der Waals surface area (Å²) < 4.78 is 23.6. The molecule has 0 spiro atoms. The molecule has 1 aromatic carbocycles. The Morgan fingerprint density at radius 3 is 2.56 bits per heavy atom. The number of ether oxygens (including phenoxy) is 2. The maximum atomic E-state index is 13.4. The third-order valence-electron chi connectivity index (χ3n) is 2.19. The van der Waals surface area contributed by atoms with Crippen molar-refractivity contribution in [3.05, 3.63) is 24.0 Å². The molecule has 0 aliphatic carbocycles. The molecule has 1 rings (SSSR count). The van der Waals surface area contributed by atoms with Gasteiger partial charge in [0.1, 0.15) is 5.75 Å². The molecule has 0 amide bonds. The van der Waals surface area contributed by atoms with E-state index in [0.717, 1.165) is 0 Å². The van der Waals surface area contributed by atoms with E-state index in [2.05, 4.69) is 0 Å². The fraction of sp³-hybridized carbons (Fsp3) is 0.500. The average Bonchev–Trinajstić information content (AvgIpc) is 2.27. The number of methoxy groups -OCH3 is 1. The van der Waals surface area contributed by atoms with Crippen molar-refractivity contribution in [3.8, 4) is 11.5 Å². The zero-order chi connectivity index (χ0) is 12.2. The zero-order valence-electron chi connectivity index (χ0n) is 9.79. The Labute approximate surface area is 94.8 Å². The van der Waals surface area contributed by atoms with Crippen molar-refractivity contribution >= 4 is 0 Å². The van der Waals surface area contributed by atoms with E-state index in [1.54, 1.807) is 6.07 Å². The number of hydrogen-bond acceptors (Lipinski definition) is 3. The van der Waals surface area contributed by atoms with Crippen molar-refractivity contribution in [2.24, 2.45) is 5.41 Å². The summed E-state index contributed by atoms with van der Waals surface area (Å²) in [6, 6.07) is 4.41. The van der Waals surface area contributed by atoms with Gasteiger partial charge < -0.3 is 14.6 Å². The van der Waals surface area contributed by atoms with Crippen LogP contribution in [-0.2, 0) is 0 Å². The first kappa shape index (κ1) is 12.8. The highest BCUT2D eigenvalue weighted by Crippen LogP contribution is 2.24. The lowest BCUT2D eigenvalue weighted by molar-refractivity contribution is 0.0953. The molecule has 0 bridgehead atoms. The lowest BCUT2D eigenvalue weighted by Gasteiger charge is -2.21. The number of hydrogen-bond donors (Lipinski definition) is 1. The molecular weight excluding hydrogens is 211 g/mol. The summed E-state index contributed by atoms with van der Waals surface area (Å²) in [7, 11) is 1.48. The molecule has 1 aromatic rings. The first-order valence-electron chi connectivity index (χ1n) is 5.06. The van der Waals surface area contributed by atoms with Crippen LogP contribution in [0, 0.1) is 11.2 Å². The van der Waals surface area contributed by atoms with Crippen molar-refractivity contribution in [3.63, 3.8) is 0 Å². The molecule has 0 fully saturated rings. The van der Waals surface area contributed by atoms with E-state index in [0.29, 0.717) is 5.75 Å². The minimum absolute atomic E-state index is 0.00915. The van der Waals surface area contributed by atoms with Crippen LogP contribution >= 0.6 is 0 Å². The van der Waals surface area contributed by atoms with Gasteiger partial charge in [0, 0.05) is 11.5 Å². The summed E-state index contributed by atoms with van der Waals surface area (Å²) in [5.74, 6) is 0.154. The van der Waals surface area contributed by atoms with Crippen LogP contribution < -0.4 is 9.47 Å². The number of rotatable bonds is 5. The van der Waals surface area contributed by atoms with Gasteiger partial charge in [-0.1, -0.05) is 13.8 Å². The Kier molecular flexibility index (Phi) is 4.12. The van der Waals surface area contributed by atoms with Crippen molar-refractivity contribution in [1.82, 2.24) is 0 Å². The topological polar surface area (TPSA) is 38.7 Å². The largest absolute Gasteiger partial charge is 0.497 e. The van der Waals surface area contributed by atoms with E-state index < -0.39 is 5.82 Å². The molecule has 3 nitrogen and oxygen atoms in total. The van der Waals surface area contributed by atoms with E-state index in [-0.39, 0.29) is 24.4 Å². The summed E-state index contributed by atoms with van der Waals surface area (Å²) in [5, 5.41) is 9.03. The third kappa shape index (κ3) is 3.38. The van der Waals surface area contributed by atoms with Gasteiger partial charge in [0.25, 0.3) is 0 Å². The molecule has 1 N–H and O–H groups in total. The SMILES string of the molecule is COc1ccc(OCC(C)(C)CO)c(F)c1. The fourth-order valence-electron chi connectivity index (χ4n) is 1.04. The van der Waals surface area contributed by atoms with Crippen molar-refractivity contribution < 1.29 is 19.0 Å². The highest BCUT2D eigenvalue weighted by atomic mass is 19.1. The standard InChI is InChI=1S/C12H17FO3/c1-12(2,7-14)8-16-11-5-4-9(15-3)6-10(11)13/h4-6,14H,7-8H2,1-3H3. The summed E-state index contributed by atoms with van der Waals surface area (Å²) >= 11 is 0. The van der Waals surface area contributed by atoms with Crippen molar-refractivity contribution in [2.45, 2.75) is 13.8 Å². The first-order chi connectivity index (χ1) is 7.48. The quantitative estimate of drug-likeness (QED) is 0.840.